The van der Waals surface area contributed by atoms with Crippen LogP contribution in [0.15, 0.2) is 35.8 Å². The van der Waals surface area contributed by atoms with E-state index < -0.39 is 0 Å². The van der Waals surface area contributed by atoms with E-state index in [0.717, 1.165) is 5.57 Å². The Labute approximate surface area is 76.8 Å². The largest absolute Gasteiger partial charge is 0.326 e. The number of allylic oxidation sites excluding steroid dienone is 4. The summed E-state index contributed by atoms with van der Waals surface area (Å²) in [4.78, 5) is 11.0. The molecule has 70 valence electrons. The van der Waals surface area contributed by atoms with Crippen molar-refractivity contribution >= 4 is 5.91 Å². The van der Waals surface area contributed by atoms with Gasteiger partial charge in [0.2, 0.25) is 5.91 Å². The fraction of sp³-hybridized carbons (Fsp3) is 0.300. The van der Waals surface area contributed by atoms with Gasteiger partial charge in [-0.15, -0.1) is 0 Å². The van der Waals surface area contributed by atoms with Crippen LogP contribution >= 0.6 is 0 Å². The lowest BCUT2D eigenvalue weighted by Crippen LogP contribution is -2.26. The van der Waals surface area contributed by atoms with Crippen LogP contribution in [0.3, 0.4) is 0 Å². The summed E-state index contributed by atoms with van der Waals surface area (Å²) < 4.78 is 12.6. The first-order chi connectivity index (χ1) is 6.13. The second-order valence-corrected chi connectivity index (χ2v) is 2.92. The van der Waals surface area contributed by atoms with Crippen molar-refractivity contribution in [2.45, 2.75) is 19.8 Å². The number of carbonyl (C=O) groups is 1. The Hall–Kier alpha value is -1.38. The van der Waals surface area contributed by atoms with Gasteiger partial charge in [0.05, 0.1) is 5.83 Å². The molecule has 0 atom stereocenters. The minimum Gasteiger partial charge on any atom is -0.326 e. The van der Waals surface area contributed by atoms with E-state index in [2.05, 4.69) is 11.9 Å². The smallest absolute Gasteiger partial charge is 0.224 e. The summed E-state index contributed by atoms with van der Waals surface area (Å²) in [5.41, 5.74) is 1.42. The third kappa shape index (κ3) is 2.54. The molecule has 0 aromatic rings. The zero-order chi connectivity index (χ0) is 9.84. The van der Waals surface area contributed by atoms with E-state index in [0.29, 0.717) is 18.5 Å². The van der Waals surface area contributed by atoms with E-state index in [-0.39, 0.29) is 11.7 Å². The van der Waals surface area contributed by atoms with Crippen LogP contribution in [-0.2, 0) is 4.79 Å². The Morgan fingerprint density at radius 2 is 2.31 bits per heavy atom. The Balaban J connectivity index is 2.97. The molecule has 0 fully saturated rings. The molecule has 1 rings (SSSR count). The standard InChI is InChI=1S/C10H12FNO/c1-3-8-4-5-10(13)12-9(8)6-7(2)11/h3,6H,1,4-5H2,2H3,(H,12,13)/b7-6+. The predicted molar refractivity (Wildman–Crippen MR) is 49.5 cm³/mol. The lowest BCUT2D eigenvalue weighted by atomic mass is 10.0. The maximum atomic E-state index is 12.6. The van der Waals surface area contributed by atoms with Crippen LogP contribution in [0.1, 0.15) is 19.8 Å². The first-order valence-corrected chi connectivity index (χ1v) is 4.12. The number of hydrogen-bond donors (Lipinski definition) is 1. The number of amides is 1. The molecular weight excluding hydrogens is 169 g/mol. The SMILES string of the molecule is C=CC1=C(/C=C(\C)F)NC(=O)CC1. The maximum absolute atomic E-state index is 12.6. The third-order valence-corrected chi connectivity index (χ3v) is 1.83. The van der Waals surface area contributed by atoms with Gasteiger partial charge >= 0.3 is 0 Å². The summed E-state index contributed by atoms with van der Waals surface area (Å²) in [6.45, 7) is 4.95. The van der Waals surface area contributed by atoms with Crippen molar-refractivity contribution in [2.75, 3.05) is 0 Å². The highest BCUT2D eigenvalue weighted by molar-refractivity contribution is 5.80. The van der Waals surface area contributed by atoms with Gasteiger partial charge in [0, 0.05) is 12.1 Å². The van der Waals surface area contributed by atoms with Crippen LogP contribution in [0, 0.1) is 0 Å². The van der Waals surface area contributed by atoms with Gasteiger partial charge in [0.15, 0.2) is 0 Å². The molecule has 13 heavy (non-hydrogen) atoms. The van der Waals surface area contributed by atoms with Gasteiger partial charge < -0.3 is 5.32 Å². The second-order valence-electron chi connectivity index (χ2n) is 2.92. The van der Waals surface area contributed by atoms with Crippen molar-refractivity contribution in [3.8, 4) is 0 Å². The average molecular weight is 181 g/mol. The molecule has 0 saturated heterocycles. The summed E-state index contributed by atoms with van der Waals surface area (Å²) in [5, 5.41) is 2.60. The molecule has 1 aliphatic heterocycles. The Kier molecular flexibility index (Phi) is 3.01. The molecule has 1 amide bonds. The first kappa shape index (κ1) is 9.71. The zero-order valence-electron chi connectivity index (χ0n) is 7.56. The average Bonchev–Trinajstić information content (AvgIpc) is 2.03. The van der Waals surface area contributed by atoms with Crippen LogP contribution in [0.4, 0.5) is 4.39 Å². The third-order valence-electron chi connectivity index (χ3n) is 1.83. The summed E-state index contributed by atoms with van der Waals surface area (Å²) in [5.74, 6) is -0.394. The molecule has 0 bridgehead atoms. The molecular formula is C10H12FNO. The fourth-order valence-electron chi connectivity index (χ4n) is 1.22. The van der Waals surface area contributed by atoms with Crippen LogP contribution in [0.2, 0.25) is 0 Å². The Morgan fingerprint density at radius 1 is 1.62 bits per heavy atom. The summed E-state index contributed by atoms with van der Waals surface area (Å²) in [6, 6.07) is 0. The number of hydrogen-bond acceptors (Lipinski definition) is 1. The minimum absolute atomic E-state index is 0.0712. The normalized spacial score (nSPS) is 18.6. The van der Waals surface area contributed by atoms with Crippen LogP contribution < -0.4 is 5.32 Å². The van der Waals surface area contributed by atoms with Crippen molar-refractivity contribution in [3.63, 3.8) is 0 Å². The van der Waals surface area contributed by atoms with Gasteiger partial charge in [-0.1, -0.05) is 12.7 Å². The van der Waals surface area contributed by atoms with Gasteiger partial charge in [-0.2, -0.15) is 0 Å². The van der Waals surface area contributed by atoms with Crippen molar-refractivity contribution < 1.29 is 9.18 Å². The lowest BCUT2D eigenvalue weighted by molar-refractivity contribution is -0.120. The highest BCUT2D eigenvalue weighted by atomic mass is 19.1. The number of carbonyl (C=O) groups excluding carboxylic acids is 1. The Bertz CT molecular complexity index is 298. The Morgan fingerprint density at radius 3 is 2.85 bits per heavy atom. The first-order valence-electron chi connectivity index (χ1n) is 4.12. The number of halogens is 1. The van der Waals surface area contributed by atoms with E-state index in [1.165, 1.54) is 13.0 Å². The van der Waals surface area contributed by atoms with Gasteiger partial charge in [0.25, 0.3) is 0 Å². The number of nitrogens with one attached hydrogen (secondary N) is 1. The van der Waals surface area contributed by atoms with E-state index in [1.807, 2.05) is 0 Å². The predicted octanol–water partition coefficient (Wildman–Crippen LogP) is 2.21. The van der Waals surface area contributed by atoms with E-state index in [9.17, 15) is 9.18 Å². The van der Waals surface area contributed by atoms with Crippen LogP contribution in [0.5, 0.6) is 0 Å². The second kappa shape index (κ2) is 4.03. The molecule has 0 spiro atoms. The van der Waals surface area contributed by atoms with Crippen LogP contribution in [-0.4, -0.2) is 5.91 Å². The lowest BCUT2D eigenvalue weighted by Gasteiger charge is -2.16. The summed E-state index contributed by atoms with van der Waals surface area (Å²) >= 11 is 0. The molecule has 0 aliphatic carbocycles. The van der Waals surface area contributed by atoms with E-state index in [4.69, 9.17) is 0 Å². The van der Waals surface area contributed by atoms with Crippen molar-refractivity contribution in [1.29, 1.82) is 0 Å². The molecule has 0 unspecified atom stereocenters. The summed E-state index contributed by atoms with van der Waals surface area (Å²) in [7, 11) is 0. The van der Waals surface area contributed by atoms with Gasteiger partial charge in [-0.05, 0) is 25.0 Å². The van der Waals surface area contributed by atoms with Gasteiger partial charge in [0.1, 0.15) is 0 Å². The van der Waals surface area contributed by atoms with E-state index >= 15 is 0 Å². The minimum atomic E-state index is -0.323. The topological polar surface area (TPSA) is 29.1 Å². The summed E-state index contributed by atoms with van der Waals surface area (Å²) in [6.07, 6.45) is 4.04. The number of rotatable bonds is 2. The van der Waals surface area contributed by atoms with Crippen molar-refractivity contribution in [3.05, 3.63) is 35.8 Å². The zero-order valence-corrected chi connectivity index (χ0v) is 7.56. The highest BCUT2D eigenvalue weighted by Crippen LogP contribution is 2.18. The van der Waals surface area contributed by atoms with Crippen LogP contribution in [0.25, 0.3) is 0 Å². The monoisotopic (exact) mass is 181 g/mol. The van der Waals surface area contributed by atoms with Crippen molar-refractivity contribution in [2.24, 2.45) is 0 Å². The molecule has 3 heteroatoms. The molecule has 1 N–H and O–H groups in total. The molecule has 0 saturated carbocycles. The maximum Gasteiger partial charge on any atom is 0.224 e. The molecule has 1 aliphatic rings. The molecule has 0 aromatic heterocycles. The fourth-order valence-corrected chi connectivity index (χ4v) is 1.22. The van der Waals surface area contributed by atoms with E-state index in [1.54, 1.807) is 6.08 Å². The van der Waals surface area contributed by atoms with Gasteiger partial charge in [-0.25, -0.2) is 4.39 Å². The molecule has 1 heterocycles. The highest BCUT2D eigenvalue weighted by Gasteiger charge is 2.13. The molecule has 0 aromatic carbocycles. The quantitative estimate of drug-likeness (QED) is 0.695. The molecule has 2 nitrogen and oxygen atoms in total. The van der Waals surface area contributed by atoms with Gasteiger partial charge in [-0.3, -0.25) is 4.79 Å². The van der Waals surface area contributed by atoms with Crippen molar-refractivity contribution in [1.82, 2.24) is 5.32 Å². The molecule has 0 radical (unpaired) electrons.